The van der Waals surface area contributed by atoms with Gasteiger partial charge in [0, 0.05) is 6.04 Å². The summed E-state index contributed by atoms with van der Waals surface area (Å²) >= 11 is 0. The van der Waals surface area contributed by atoms with Crippen LogP contribution in [0.4, 0.5) is 0 Å². The number of allylic oxidation sites excluding steroid dienone is 2. The SMILES string of the molecule is C1=C\CCC(N2CCCCC2)CCC/1. The first-order valence-corrected chi connectivity index (χ1v) is 6.36. The second-order valence-electron chi connectivity index (χ2n) is 4.73. The molecule has 1 aliphatic heterocycles. The number of hydrogen-bond donors (Lipinski definition) is 0. The van der Waals surface area contributed by atoms with Crippen molar-refractivity contribution in [2.24, 2.45) is 0 Å². The normalized spacial score (nSPS) is 33.3. The molecule has 1 heterocycles. The van der Waals surface area contributed by atoms with Gasteiger partial charge in [-0.25, -0.2) is 0 Å². The minimum atomic E-state index is 0.903. The highest BCUT2D eigenvalue weighted by Crippen LogP contribution is 2.21. The van der Waals surface area contributed by atoms with Crippen molar-refractivity contribution in [1.82, 2.24) is 4.90 Å². The van der Waals surface area contributed by atoms with Crippen molar-refractivity contribution in [3.8, 4) is 0 Å². The van der Waals surface area contributed by atoms with E-state index in [0.717, 1.165) is 6.04 Å². The third kappa shape index (κ3) is 2.84. The van der Waals surface area contributed by atoms with Crippen LogP contribution < -0.4 is 0 Å². The van der Waals surface area contributed by atoms with Crippen LogP contribution in [0.2, 0.25) is 0 Å². The quantitative estimate of drug-likeness (QED) is 0.577. The molecule has 0 amide bonds. The van der Waals surface area contributed by atoms with Crippen molar-refractivity contribution in [2.75, 3.05) is 13.1 Å². The van der Waals surface area contributed by atoms with E-state index in [1.165, 1.54) is 64.5 Å². The number of nitrogens with zero attached hydrogens (tertiary/aromatic N) is 1. The molecule has 2 aliphatic rings. The Morgan fingerprint density at radius 1 is 0.786 bits per heavy atom. The molecule has 0 bridgehead atoms. The molecule has 0 aromatic carbocycles. The van der Waals surface area contributed by atoms with Crippen LogP contribution in [0.25, 0.3) is 0 Å². The molecule has 14 heavy (non-hydrogen) atoms. The van der Waals surface area contributed by atoms with Gasteiger partial charge < -0.3 is 4.90 Å². The summed E-state index contributed by atoms with van der Waals surface area (Å²) in [7, 11) is 0. The Morgan fingerprint density at radius 2 is 1.57 bits per heavy atom. The molecule has 0 aromatic heterocycles. The fourth-order valence-electron chi connectivity index (χ4n) is 2.79. The molecule has 0 saturated carbocycles. The Kier molecular flexibility index (Phi) is 4.05. The zero-order valence-electron chi connectivity index (χ0n) is 9.25. The summed E-state index contributed by atoms with van der Waals surface area (Å²) in [6.45, 7) is 2.74. The summed E-state index contributed by atoms with van der Waals surface area (Å²) < 4.78 is 0. The number of hydrogen-bond acceptors (Lipinski definition) is 1. The Labute approximate surface area is 88.2 Å². The summed E-state index contributed by atoms with van der Waals surface area (Å²) in [5.41, 5.74) is 0. The molecule has 0 aromatic rings. The van der Waals surface area contributed by atoms with Crippen molar-refractivity contribution in [3.05, 3.63) is 12.2 Å². The van der Waals surface area contributed by atoms with Crippen LogP contribution in [0.5, 0.6) is 0 Å². The molecule has 0 N–H and O–H groups in total. The van der Waals surface area contributed by atoms with Gasteiger partial charge in [-0.3, -0.25) is 0 Å². The van der Waals surface area contributed by atoms with Crippen molar-refractivity contribution < 1.29 is 0 Å². The van der Waals surface area contributed by atoms with Gasteiger partial charge in [-0.05, 0) is 58.0 Å². The van der Waals surface area contributed by atoms with E-state index in [0.29, 0.717) is 0 Å². The van der Waals surface area contributed by atoms with Gasteiger partial charge in [0.25, 0.3) is 0 Å². The Balaban J connectivity index is 1.84. The van der Waals surface area contributed by atoms with Gasteiger partial charge in [0.1, 0.15) is 0 Å². The molecular formula is C13H23N. The largest absolute Gasteiger partial charge is 0.300 e. The van der Waals surface area contributed by atoms with E-state index in [-0.39, 0.29) is 0 Å². The van der Waals surface area contributed by atoms with E-state index < -0.39 is 0 Å². The average Bonchev–Trinajstić information content (AvgIpc) is 2.18. The summed E-state index contributed by atoms with van der Waals surface area (Å²) in [5, 5.41) is 0. The zero-order chi connectivity index (χ0) is 9.64. The summed E-state index contributed by atoms with van der Waals surface area (Å²) in [6.07, 6.45) is 15.9. The minimum absolute atomic E-state index is 0.903. The summed E-state index contributed by atoms with van der Waals surface area (Å²) in [4.78, 5) is 2.75. The topological polar surface area (TPSA) is 3.24 Å². The highest BCUT2D eigenvalue weighted by Gasteiger charge is 2.19. The second-order valence-corrected chi connectivity index (χ2v) is 4.73. The minimum Gasteiger partial charge on any atom is -0.300 e. The molecular weight excluding hydrogens is 170 g/mol. The standard InChI is InChI=1S/C13H23N/c1-2-5-9-13(10-6-3-1)14-11-7-4-8-12-14/h1-2,13H,3-12H2/b2-1-. The molecule has 1 aliphatic carbocycles. The fraction of sp³-hybridized carbons (Fsp3) is 0.846. The predicted molar refractivity (Wildman–Crippen MR) is 61.4 cm³/mol. The van der Waals surface area contributed by atoms with Crippen LogP contribution in [-0.2, 0) is 0 Å². The van der Waals surface area contributed by atoms with Gasteiger partial charge in [0.2, 0.25) is 0 Å². The van der Waals surface area contributed by atoms with Gasteiger partial charge in [0.15, 0.2) is 0 Å². The van der Waals surface area contributed by atoms with E-state index >= 15 is 0 Å². The maximum Gasteiger partial charge on any atom is 0.00983 e. The lowest BCUT2D eigenvalue weighted by molar-refractivity contribution is 0.146. The molecule has 1 nitrogen and oxygen atoms in total. The predicted octanol–water partition coefficient (Wildman–Crippen LogP) is 3.36. The van der Waals surface area contributed by atoms with Crippen molar-refractivity contribution in [3.63, 3.8) is 0 Å². The summed E-state index contributed by atoms with van der Waals surface area (Å²) in [6, 6.07) is 0.903. The maximum absolute atomic E-state index is 2.75. The first-order valence-electron chi connectivity index (χ1n) is 6.36. The van der Waals surface area contributed by atoms with Crippen molar-refractivity contribution in [1.29, 1.82) is 0 Å². The zero-order valence-corrected chi connectivity index (χ0v) is 9.25. The lowest BCUT2D eigenvalue weighted by Crippen LogP contribution is -2.39. The highest BCUT2D eigenvalue weighted by atomic mass is 15.2. The molecule has 1 atom stereocenters. The van der Waals surface area contributed by atoms with E-state index in [2.05, 4.69) is 17.1 Å². The fourth-order valence-corrected chi connectivity index (χ4v) is 2.79. The Bertz CT molecular complexity index is 180. The molecule has 1 fully saturated rings. The smallest absolute Gasteiger partial charge is 0.00983 e. The van der Waals surface area contributed by atoms with E-state index in [1.54, 1.807) is 0 Å². The van der Waals surface area contributed by atoms with Crippen LogP contribution in [-0.4, -0.2) is 24.0 Å². The first kappa shape index (κ1) is 10.2. The van der Waals surface area contributed by atoms with E-state index in [9.17, 15) is 0 Å². The van der Waals surface area contributed by atoms with Gasteiger partial charge in [-0.15, -0.1) is 0 Å². The summed E-state index contributed by atoms with van der Waals surface area (Å²) in [5.74, 6) is 0. The molecule has 1 heteroatoms. The van der Waals surface area contributed by atoms with Crippen LogP contribution in [0, 0.1) is 0 Å². The van der Waals surface area contributed by atoms with E-state index in [1.807, 2.05) is 0 Å². The monoisotopic (exact) mass is 193 g/mol. The number of piperidine rings is 1. The average molecular weight is 193 g/mol. The van der Waals surface area contributed by atoms with Crippen LogP contribution in [0.1, 0.15) is 51.4 Å². The molecule has 1 unspecified atom stereocenters. The van der Waals surface area contributed by atoms with Gasteiger partial charge in [-0.2, -0.15) is 0 Å². The second kappa shape index (κ2) is 5.55. The molecule has 2 rings (SSSR count). The number of likely N-dealkylation sites (tertiary alicyclic amines) is 1. The van der Waals surface area contributed by atoms with Crippen molar-refractivity contribution >= 4 is 0 Å². The highest BCUT2D eigenvalue weighted by molar-refractivity contribution is 4.88. The molecule has 0 spiro atoms. The number of rotatable bonds is 1. The molecule has 1 saturated heterocycles. The third-order valence-corrected chi connectivity index (χ3v) is 3.65. The van der Waals surface area contributed by atoms with Crippen LogP contribution >= 0.6 is 0 Å². The van der Waals surface area contributed by atoms with Crippen LogP contribution in [0.15, 0.2) is 12.2 Å². The molecule has 0 radical (unpaired) electrons. The maximum atomic E-state index is 2.75. The van der Waals surface area contributed by atoms with Crippen LogP contribution in [0.3, 0.4) is 0 Å². The van der Waals surface area contributed by atoms with Crippen molar-refractivity contribution in [2.45, 2.75) is 57.4 Å². The van der Waals surface area contributed by atoms with Gasteiger partial charge in [-0.1, -0.05) is 18.6 Å². The van der Waals surface area contributed by atoms with E-state index in [4.69, 9.17) is 0 Å². The first-order chi connectivity index (χ1) is 6.97. The Hall–Kier alpha value is -0.300. The lowest BCUT2D eigenvalue weighted by Gasteiger charge is -2.35. The Morgan fingerprint density at radius 3 is 2.43 bits per heavy atom. The van der Waals surface area contributed by atoms with Gasteiger partial charge in [0.05, 0.1) is 0 Å². The third-order valence-electron chi connectivity index (χ3n) is 3.65. The lowest BCUT2D eigenvalue weighted by atomic mass is 9.97. The molecule has 80 valence electrons. The van der Waals surface area contributed by atoms with Gasteiger partial charge >= 0.3 is 0 Å².